The maximum Gasteiger partial charge on any atom is 0.133 e. The molecule has 100 valence electrons. The van der Waals surface area contributed by atoms with E-state index in [0.717, 1.165) is 12.3 Å². The van der Waals surface area contributed by atoms with Crippen molar-refractivity contribution in [2.75, 3.05) is 7.11 Å². The summed E-state index contributed by atoms with van der Waals surface area (Å²) in [6, 6.07) is 3.24. The highest BCUT2D eigenvalue weighted by Gasteiger charge is 2.05. The summed E-state index contributed by atoms with van der Waals surface area (Å²) < 4.78 is 6.26. The molecule has 1 fully saturated rings. The van der Waals surface area contributed by atoms with Gasteiger partial charge in [-0.3, -0.25) is 15.4 Å². The number of nitrogens with one attached hydrogen (secondary N) is 2. The first-order chi connectivity index (χ1) is 8.67. The topological polar surface area (TPSA) is 61.9 Å². The van der Waals surface area contributed by atoms with E-state index in [1.807, 2.05) is 0 Å². The van der Waals surface area contributed by atoms with Gasteiger partial charge in [0, 0.05) is 12.3 Å². The second kappa shape index (κ2) is 7.69. The molecule has 1 aromatic rings. The Hall–Kier alpha value is -1.58. The molecule has 18 heavy (non-hydrogen) atoms. The van der Waals surface area contributed by atoms with E-state index in [4.69, 9.17) is 15.6 Å². The summed E-state index contributed by atoms with van der Waals surface area (Å²) >= 11 is 0. The van der Waals surface area contributed by atoms with Crippen LogP contribution in [0.2, 0.25) is 0 Å². The first-order valence-corrected chi connectivity index (χ1v) is 6.48. The van der Waals surface area contributed by atoms with Crippen molar-refractivity contribution in [1.82, 2.24) is 4.57 Å². The third-order valence-electron chi connectivity index (χ3n) is 3.23. The summed E-state index contributed by atoms with van der Waals surface area (Å²) in [5, 5.41) is 14.2. The van der Waals surface area contributed by atoms with E-state index in [1.54, 1.807) is 25.4 Å². The van der Waals surface area contributed by atoms with Crippen molar-refractivity contribution < 1.29 is 4.74 Å². The maximum absolute atomic E-state index is 7.35. The highest BCUT2D eigenvalue weighted by Crippen LogP contribution is 2.22. The van der Waals surface area contributed by atoms with Crippen molar-refractivity contribution >= 4 is 6.34 Å². The minimum Gasteiger partial charge on any atom is -0.497 e. The highest BCUT2D eigenvalue weighted by atomic mass is 16.5. The second-order valence-electron chi connectivity index (χ2n) is 4.73. The van der Waals surface area contributed by atoms with Gasteiger partial charge in [-0.05, 0) is 12.0 Å². The van der Waals surface area contributed by atoms with E-state index in [1.165, 1.54) is 36.7 Å². The molecule has 0 atom stereocenters. The summed E-state index contributed by atoms with van der Waals surface area (Å²) in [4.78, 5) is 0. The lowest BCUT2D eigenvalue weighted by Crippen LogP contribution is -2.17. The number of hydrogen-bond donors (Lipinski definition) is 2. The highest BCUT2D eigenvalue weighted by molar-refractivity contribution is 5.54. The third-order valence-corrected chi connectivity index (χ3v) is 3.23. The first kappa shape index (κ1) is 14.5. The number of aromatic nitrogens is 1. The molecule has 1 aliphatic carbocycles. The van der Waals surface area contributed by atoms with Gasteiger partial charge in [0.2, 0.25) is 0 Å². The molecule has 0 radical (unpaired) electrons. The molecule has 4 nitrogen and oxygen atoms in total. The van der Waals surface area contributed by atoms with E-state index in [-0.39, 0.29) is 5.49 Å². The number of ether oxygens (including phenoxy) is 1. The molecule has 0 bridgehead atoms. The number of hydrogen-bond acceptors (Lipinski definition) is 3. The molecule has 1 aliphatic rings. The molecule has 1 saturated carbocycles. The first-order valence-electron chi connectivity index (χ1n) is 6.48. The zero-order valence-corrected chi connectivity index (χ0v) is 11.3. The lowest BCUT2D eigenvalue weighted by molar-refractivity contribution is 0.385. The van der Waals surface area contributed by atoms with Crippen molar-refractivity contribution in [3.8, 4) is 5.75 Å². The quantitative estimate of drug-likeness (QED) is 0.614. The SMILES string of the molecule is CC1CCCCC1.COc1ccn(C=N)c(=N)c1. The largest absolute Gasteiger partial charge is 0.497 e. The Balaban J connectivity index is 0.000000199. The van der Waals surface area contributed by atoms with Crippen molar-refractivity contribution in [2.45, 2.75) is 39.0 Å². The molecule has 0 spiro atoms. The van der Waals surface area contributed by atoms with E-state index >= 15 is 0 Å². The Labute approximate surface area is 109 Å². The molecule has 0 aliphatic heterocycles. The van der Waals surface area contributed by atoms with E-state index in [2.05, 4.69) is 6.92 Å². The van der Waals surface area contributed by atoms with E-state index in [9.17, 15) is 0 Å². The molecule has 4 heteroatoms. The molecular weight excluding hydrogens is 226 g/mol. The standard InChI is InChI=1S/C7H9N3O.C7H14/c1-11-6-2-3-10(5-8)7(9)4-6;1-7-5-3-2-4-6-7/h2-5,8-9H,1H3;7H,2-6H2,1H3. The zero-order chi connectivity index (χ0) is 13.4. The summed E-state index contributed by atoms with van der Waals surface area (Å²) in [6.45, 7) is 2.36. The van der Waals surface area contributed by atoms with Crippen LogP contribution >= 0.6 is 0 Å². The van der Waals surface area contributed by atoms with E-state index in [0.29, 0.717) is 5.75 Å². The van der Waals surface area contributed by atoms with Gasteiger partial charge in [0.15, 0.2) is 0 Å². The molecular formula is C14H23N3O. The van der Waals surface area contributed by atoms with Gasteiger partial charge in [0.05, 0.1) is 13.4 Å². The second-order valence-corrected chi connectivity index (χ2v) is 4.73. The summed E-state index contributed by atoms with van der Waals surface area (Å²) in [7, 11) is 1.55. The molecule has 0 saturated heterocycles. The predicted molar refractivity (Wildman–Crippen MR) is 73.3 cm³/mol. The molecule has 2 rings (SSSR count). The minimum absolute atomic E-state index is 0.236. The normalized spacial score (nSPS) is 15.4. The van der Waals surface area contributed by atoms with Crippen molar-refractivity contribution in [3.05, 3.63) is 23.8 Å². The molecule has 0 unspecified atom stereocenters. The van der Waals surface area contributed by atoms with Crippen molar-refractivity contribution in [3.63, 3.8) is 0 Å². The van der Waals surface area contributed by atoms with Crippen LogP contribution in [-0.2, 0) is 0 Å². The molecule has 0 amide bonds. The summed E-state index contributed by atoms with van der Waals surface area (Å²) in [5.74, 6) is 1.67. The fraction of sp³-hybridized carbons (Fsp3) is 0.571. The van der Waals surface area contributed by atoms with Crippen LogP contribution in [0, 0.1) is 16.7 Å². The van der Waals surface area contributed by atoms with Gasteiger partial charge in [-0.15, -0.1) is 0 Å². The van der Waals surface area contributed by atoms with Crippen LogP contribution in [0.15, 0.2) is 18.3 Å². The Morgan fingerprint density at radius 3 is 2.39 bits per heavy atom. The van der Waals surface area contributed by atoms with Gasteiger partial charge in [0.25, 0.3) is 0 Å². The molecule has 2 N–H and O–H groups in total. The van der Waals surface area contributed by atoms with Gasteiger partial charge >= 0.3 is 0 Å². The van der Waals surface area contributed by atoms with Gasteiger partial charge in [-0.2, -0.15) is 0 Å². The monoisotopic (exact) mass is 249 g/mol. The van der Waals surface area contributed by atoms with Gasteiger partial charge in [-0.25, -0.2) is 0 Å². The fourth-order valence-corrected chi connectivity index (χ4v) is 2.04. The van der Waals surface area contributed by atoms with Crippen LogP contribution in [-0.4, -0.2) is 18.0 Å². The lowest BCUT2D eigenvalue weighted by Gasteiger charge is -2.15. The Bertz CT molecular complexity index is 419. The number of methoxy groups -OCH3 is 1. The Morgan fingerprint density at radius 2 is 2.00 bits per heavy atom. The summed E-state index contributed by atoms with van der Waals surface area (Å²) in [6.07, 6.45) is 10.1. The maximum atomic E-state index is 7.35. The number of pyridine rings is 1. The molecule has 1 aromatic heterocycles. The zero-order valence-electron chi connectivity index (χ0n) is 11.3. The average molecular weight is 249 g/mol. The number of nitrogens with zero attached hydrogens (tertiary/aromatic N) is 1. The van der Waals surface area contributed by atoms with Crippen LogP contribution < -0.4 is 10.2 Å². The van der Waals surface area contributed by atoms with Crippen molar-refractivity contribution in [2.24, 2.45) is 5.92 Å². The smallest absolute Gasteiger partial charge is 0.133 e. The van der Waals surface area contributed by atoms with Crippen LogP contribution in [0.4, 0.5) is 0 Å². The van der Waals surface area contributed by atoms with Crippen LogP contribution in [0.25, 0.3) is 0 Å². The predicted octanol–water partition coefficient (Wildman–Crippen LogP) is 3.02. The Kier molecular flexibility index (Phi) is 6.19. The van der Waals surface area contributed by atoms with Crippen LogP contribution in [0.3, 0.4) is 0 Å². The fourth-order valence-electron chi connectivity index (χ4n) is 2.04. The lowest BCUT2D eigenvalue weighted by atomic mass is 9.91. The minimum atomic E-state index is 0.236. The van der Waals surface area contributed by atoms with Gasteiger partial charge in [-0.1, -0.05) is 39.0 Å². The Morgan fingerprint density at radius 1 is 1.33 bits per heavy atom. The van der Waals surface area contributed by atoms with Crippen LogP contribution in [0.1, 0.15) is 39.0 Å². The number of rotatable bonds is 2. The van der Waals surface area contributed by atoms with Crippen LogP contribution in [0.5, 0.6) is 5.75 Å². The molecule has 1 heterocycles. The van der Waals surface area contributed by atoms with Gasteiger partial charge in [0.1, 0.15) is 11.2 Å². The van der Waals surface area contributed by atoms with Gasteiger partial charge < -0.3 is 4.74 Å². The van der Waals surface area contributed by atoms with Crippen molar-refractivity contribution in [1.29, 1.82) is 10.8 Å². The summed E-state index contributed by atoms with van der Waals surface area (Å²) in [5.41, 5.74) is 0.236. The third kappa shape index (κ3) is 4.73. The van der Waals surface area contributed by atoms with E-state index < -0.39 is 0 Å². The molecule has 0 aromatic carbocycles. The average Bonchev–Trinajstić information content (AvgIpc) is 2.40.